The van der Waals surface area contributed by atoms with E-state index in [4.69, 9.17) is 5.26 Å². The standard InChI is InChI=1S/C18H17FN4.HI/c1-21-18(23-9-8-14-4-2-3-5-17(14)23)22-12-15-7-6-13(11-20)10-16(15)19;/h2-7,10H,8-9,12H2,1H3,(H,21,22);1H. The fraction of sp³-hybridized carbons (Fsp3) is 0.222. The molecule has 124 valence electrons. The minimum atomic E-state index is -0.381. The van der Waals surface area contributed by atoms with Crippen LogP contribution in [0.25, 0.3) is 0 Å². The zero-order valence-electron chi connectivity index (χ0n) is 13.3. The molecule has 1 N–H and O–H groups in total. The molecule has 0 saturated heterocycles. The molecule has 24 heavy (non-hydrogen) atoms. The number of anilines is 1. The van der Waals surface area contributed by atoms with Gasteiger partial charge >= 0.3 is 0 Å². The van der Waals surface area contributed by atoms with Gasteiger partial charge < -0.3 is 10.2 Å². The number of hydrogen-bond donors (Lipinski definition) is 1. The normalized spacial score (nSPS) is 13.0. The van der Waals surface area contributed by atoms with E-state index in [9.17, 15) is 4.39 Å². The quantitative estimate of drug-likeness (QED) is 0.446. The molecule has 0 radical (unpaired) electrons. The summed E-state index contributed by atoms with van der Waals surface area (Å²) in [6.45, 7) is 1.18. The van der Waals surface area contributed by atoms with Crippen molar-refractivity contribution in [2.75, 3.05) is 18.5 Å². The van der Waals surface area contributed by atoms with E-state index in [0.29, 0.717) is 17.7 Å². The van der Waals surface area contributed by atoms with Gasteiger partial charge in [0.05, 0.1) is 11.6 Å². The highest BCUT2D eigenvalue weighted by Crippen LogP contribution is 2.27. The number of para-hydroxylation sites is 1. The summed E-state index contributed by atoms with van der Waals surface area (Å²) >= 11 is 0. The van der Waals surface area contributed by atoms with Crippen molar-refractivity contribution < 1.29 is 4.39 Å². The Morgan fingerprint density at radius 3 is 2.83 bits per heavy atom. The molecular weight excluding hydrogens is 418 g/mol. The molecule has 2 aromatic carbocycles. The van der Waals surface area contributed by atoms with Crippen molar-refractivity contribution in [3.8, 4) is 6.07 Å². The van der Waals surface area contributed by atoms with Crippen LogP contribution in [0.15, 0.2) is 47.5 Å². The van der Waals surface area contributed by atoms with Crippen molar-refractivity contribution in [2.45, 2.75) is 13.0 Å². The lowest BCUT2D eigenvalue weighted by Gasteiger charge is -2.22. The number of rotatable bonds is 2. The highest BCUT2D eigenvalue weighted by atomic mass is 127. The van der Waals surface area contributed by atoms with E-state index in [1.807, 2.05) is 18.2 Å². The second-order valence-corrected chi connectivity index (χ2v) is 5.35. The van der Waals surface area contributed by atoms with Gasteiger partial charge in [0.1, 0.15) is 5.82 Å². The van der Waals surface area contributed by atoms with Crippen LogP contribution in [0.4, 0.5) is 10.1 Å². The zero-order valence-corrected chi connectivity index (χ0v) is 15.6. The Morgan fingerprint density at radius 2 is 2.12 bits per heavy atom. The molecular formula is C18H18FIN4. The Bertz CT molecular complexity index is 798. The summed E-state index contributed by atoms with van der Waals surface area (Å²) in [5.74, 6) is 0.340. The van der Waals surface area contributed by atoms with Crippen molar-refractivity contribution in [1.82, 2.24) is 5.32 Å². The van der Waals surface area contributed by atoms with Gasteiger partial charge in [-0.05, 0) is 30.2 Å². The summed E-state index contributed by atoms with van der Waals surface area (Å²) in [6, 6.07) is 14.7. The number of nitriles is 1. The molecule has 0 saturated carbocycles. The third-order valence-electron chi connectivity index (χ3n) is 3.97. The van der Waals surface area contributed by atoms with Gasteiger partial charge in [0, 0.05) is 31.4 Å². The first-order chi connectivity index (χ1) is 11.2. The largest absolute Gasteiger partial charge is 0.352 e. The molecule has 0 aliphatic carbocycles. The van der Waals surface area contributed by atoms with E-state index in [2.05, 4.69) is 27.3 Å². The van der Waals surface area contributed by atoms with Crippen LogP contribution >= 0.6 is 24.0 Å². The number of benzene rings is 2. The number of guanidine groups is 1. The first-order valence-corrected chi connectivity index (χ1v) is 7.47. The van der Waals surface area contributed by atoms with Gasteiger partial charge in [-0.3, -0.25) is 4.99 Å². The molecule has 4 nitrogen and oxygen atoms in total. The smallest absolute Gasteiger partial charge is 0.198 e. The predicted molar refractivity (Wildman–Crippen MR) is 104 cm³/mol. The first kappa shape index (κ1) is 18.2. The molecule has 3 rings (SSSR count). The summed E-state index contributed by atoms with van der Waals surface area (Å²) in [6.07, 6.45) is 0.974. The molecule has 0 unspecified atom stereocenters. The maximum Gasteiger partial charge on any atom is 0.198 e. The summed E-state index contributed by atoms with van der Waals surface area (Å²) in [5.41, 5.74) is 3.27. The number of hydrogen-bond acceptors (Lipinski definition) is 2. The number of nitrogens with zero attached hydrogens (tertiary/aromatic N) is 3. The van der Waals surface area contributed by atoms with Crippen LogP contribution in [-0.4, -0.2) is 19.6 Å². The van der Waals surface area contributed by atoms with Crippen molar-refractivity contribution >= 4 is 35.6 Å². The summed E-state index contributed by atoms with van der Waals surface area (Å²) in [7, 11) is 1.72. The molecule has 1 heterocycles. The highest BCUT2D eigenvalue weighted by molar-refractivity contribution is 14.0. The minimum absolute atomic E-state index is 0. The van der Waals surface area contributed by atoms with Gasteiger partial charge in [0.25, 0.3) is 0 Å². The average molecular weight is 436 g/mol. The van der Waals surface area contributed by atoms with Crippen LogP contribution in [0.1, 0.15) is 16.7 Å². The molecule has 0 fully saturated rings. The Kier molecular flexibility index (Phi) is 6.15. The lowest BCUT2D eigenvalue weighted by Crippen LogP contribution is -2.40. The second kappa shape index (κ2) is 8.11. The Labute approximate surface area is 158 Å². The number of fused-ring (bicyclic) bond motifs is 1. The van der Waals surface area contributed by atoms with Gasteiger partial charge in [-0.25, -0.2) is 4.39 Å². The molecule has 0 bridgehead atoms. The third-order valence-corrected chi connectivity index (χ3v) is 3.97. The summed E-state index contributed by atoms with van der Waals surface area (Å²) in [5, 5.41) is 12.0. The first-order valence-electron chi connectivity index (χ1n) is 7.47. The van der Waals surface area contributed by atoms with Crippen LogP contribution in [0.5, 0.6) is 0 Å². The summed E-state index contributed by atoms with van der Waals surface area (Å²) in [4.78, 5) is 6.41. The van der Waals surface area contributed by atoms with E-state index < -0.39 is 0 Å². The zero-order chi connectivity index (χ0) is 16.2. The van der Waals surface area contributed by atoms with E-state index in [1.165, 1.54) is 11.6 Å². The highest BCUT2D eigenvalue weighted by Gasteiger charge is 2.22. The monoisotopic (exact) mass is 436 g/mol. The molecule has 1 aliphatic heterocycles. The molecule has 0 atom stereocenters. The molecule has 0 amide bonds. The molecule has 1 aliphatic rings. The molecule has 2 aromatic rings. The lowest BCUT2D eigenvalue weighted by atomic mass is 10.1. The van der Waals surface area contributed by atoms with Crippen molar-refractivity contribution in [1.29, 1.82) is 5.26 Å². The van der Waals surface area contributed by atoms with Crippen LogP contribution in [0.2, 0.25) is 0 Å². The fourth-order valence-corrected chi connectivity index (χ4v) is 2.79. The van der Waals surface area contributed by atoms with Gasteiger partial charge in [0.15, 0.2) is 5.96 Å². The topological polar surface area (TPSA) is 51.4 Å². The van der Waals surface area contributed by atoms with Crippen LogP contribution in [0.3, 0.4) is 0 Å². The predicted octanol–water partition coefficient (Wildman–Crippen LogP) is 3.45. The lowest BCUT2D eigenvalue weighted by molar-refractivity contribution is 0.605. The van der Waals surface area contributed by atoms with E-state index in [1.54, 1.807) is 19.2 Å². The minimum Gasteiger partial charge on any atom is -0.352 e. The van der Waals surface area contributed by atoms with Gasteiger partial charge in [-0.1, -0.05) is 24.3 Å². The van der Waals surface area contributed by atoms with Gasteiger partial charge in [0.2, 0.25) is 0 Å². The van der Waals surface area contributed by atoms with Gasteiger partial charge in [-0.15, -0.1) is 24.0 Å². The second-order valence-electron chi connectivity index (χ2n) is 5.35. The van der Waals surface area contributed by atoms with Crippen LogP contribution in [-0.2, 0) is 13.0 Å². The maximum absolute atomic E-state index is 14.0. The van der Waals surface area contributed by atoms with Crippen LogP contribution < -0.4 is 10.2 Å². The average Bonchev–Trinajstić information content (AvgIpc) is 3.01. The Morgan fingerprint density at radius 1 is 1.33 bits per heavy atom. The van der Waals surface area contributed by atoms with Crippen molar-refractivity contribution in [3.63, 3.8) is 0 Å². The molecule has 0 spiro atoms. The van der Waals surface area contributed by atoms with Crippen molar-refractivity contribution in [3.05, 3.63) is 65.0 Å². The third kappa shape index (κ3) is 3.67. The molecule has 6 heteroatoms. The number of nitrogens with one attached hydrogen (secondary N) is 1. The SMILES string of the molecule is CN=C(NCc1ccc(C#N)cc1F)N1CCc2ccccc21.I. The molecule has 0 aromatic heterocycles. The maximum atomic E-state index is 14.0. The van der Waals surface area contributed by atoms with Gasteiger partial charge in [-0.2, -0.15) is 5.26 Å². The number of halogens is 2. The van der Waals surface area contributed by atoms with Crippen molar-refractivity contribution in [2.24, 2.45) is 4.99 Å². The Hall–Kier alpha value is -2.14. The number of aliphatic imine (C=N–C) groups is 1. The Balaban J connectivity index is 0.00000208. The van der Waals surface area contributed by atoms with E-state index >= 15 is 0 Å². The van der Waals surface area contributed by atoms with E-state index in [-0.39, 0.29) is 29.8 Å². The van der Waals surface area contributed by atoms with E-state index in [0.717, 1.165) is 24.6 Å². The summed E-state index contributed by atoms with van der Waals surface area (Å²) < 4.78 is 14.0. The fourth-order valence-electron chi connectivity index (χ4n) is 2.79. The van der Waals surface area contributed by atoms with Crippen LogP contribution in [0, 0.1) is 17.1 Å².